The molecule has 0 fully saturated rings. The van der Waals surface area contributed by atoms with E-state index in [2.05, 4.69) is 4.98 Å². The topological polar surface area (TPSA) is 55.1 Å². The number of fused-ring (bicyclic) bond motifs is 1. The Kier molecular flexibility index (Phi) is 3.63. The van der Waals surface area contributed by atoms with Gasteiger partial charge in [-0.1, -0.05) is 6.07 Å². The van der Waals surface area contributed by atoms with Crippen LogP contribution in [0.1, 0.15) is 12.5 Å². The van der Waals surface area contributed by atoms with Crippen LogP contribution in [0.4, 0.5) is 4.39 Å². The summed E-state index contributed by atoms with van der Waals surface area (Å²) in [7, 11) is 0. The van der Waals surface area contributed by atoms with E-state index in [9.17, 15) is 9.18 Å². The van der Waals surface area contributed by atoms with Crippen LogP contribution in [0, 0.1) is 5.82 Å². The lowest BCUT2D eigenvalue weighted by molar-refractivity contribution is -0.136. The molecule has 0 radical (unpaired) electrons. The summed E-state index contributed by atoms with van der Waals surface area (Å²) in [5, 5.41) is 8.89. The van der Waals surface area contributed by atoms with Gasteiger partial charge in [0.25, 0.3) is 0 Å². The molecular formula is C17H15FN2O2. The van der Waals surface area contributed by atoms with Gasteiger partial charge in [-0.05, 0) is 48.9 Å². The first-order valence-corrected chi connectivity index (χ1v) is 7.05. The van der Waals surface area contributed by atoms with Gasteiger partial charge < -0.3 is 9.67 Å². The average molecular weight is 298 g/mol. The third-order valence-corrected chi connectivity index (χ3v) is 3.59. The highest BCUT2D eigenvalue weighted by molar-refractivity contribution is 5.82. The average Bonchev–Trinajstić information content (AvgIpc) is 2.85. The molecule has 4 nitrogen and oxygen atoms in total. The van der Waals surface area contributed by atoms with Crippen LogP contribution >= 0.6 is 0 Å². The lowest BCUT2D eigenvalue weighted by atomic mass is 10.1. The number of nitrogens with zero attached hydrogens (tertiary/aromatic N) is 2. The van der Waals surface area contributed by atoms with Gasteiger partial charge in [0.15, 0.2) is 0 Å². The molecule has 0 aliphatic carbocycles. The van der Waals surface area contributed by atoms with E-state index < -0.39 is 5.97 Å². The van der Waals surface area contributed by atoms with Crippen molar-refractivity contribution < 1.29 is 14.3 Å². The Morgan fingerprint density at radius 2 is 1.95 bits per heavy atom. The number of hydrogen-bond acceptors (Lipinski definition) is 2. The smallest absolute Gasteiger partial charge is 0.307 e. The van der Waals surface area contributed by atoms with E-state index in [1.165, 1.54) is 12.1 Å². The molecule has 0 aliphatic rings. The summed E-state index contributed by atoms with van der Waals surface area (Å²) in [6, 6.07) is 11.7. The van der Waals surface area contributed by atoms with Gasteiger partial charge in [-0.2, -0.15) is 0 Å². The molecule has 3 rings (SSSR count). The van der Waals surface area contributed by atoms with Gasteiger partial charge in [-0.3, -0.25) is 4.79 Å². The van der Waals surface area contributed by atoms with Gasteiger partial charge in [0, 0.05) is 12.1 Å². The molecule has 0 bridgehead atoms. The molecule has 112 valence electrons. The summed E-state index contributed by atoms with van der Waals surface area (Å²) in [6.07, 6.45) is -0.0270. The minimum absolute atomic E-state index is 0.0270. The Morgan fingerprint density at radius 3 is 2.59 bits per heavy atom. The Labute approximate surface area is 126 Å². The zero-order valence-corrected chi connectivity index (χ0v) is 12.1. The number of benzene rings is 2. The van der Waals surface area contributed by atoms with Gasteiger partial charge in [0.05, 0.1) is 17.5 Å². The van der Waals surface area contributed by atoms with E-state index >= 15 is 0 Å². The molecule has 3 aromatic rings. The van der Waals surface area contributed by atoms with Gasteiger partial charge in [-0.25, -0.2) is 9.37 Å². The number of hydrogen-bond donors (Lipinski definition) is 1. The molecule has 0 saturated heterocycles. The van der Waals surface area contributed by atoms with Gasteiger partial charge in [0.1, 0.15) is 11.6 Å². The highest BCUT2D eigenvalue weighted by Gasteiger charge is 2.12. The van der Waals surface area contributed by atoms with Crippen molar-refractivity contribution in [1.29, 1.82) is 0 Å². The summed E-state index contributed by atoms with van der Waals surface area (Å²) in [5.41, 5.74) is 3.24. The van der Waals surface area contributed by atoms with Crippen LogP contribution in [0.5, 0.6) is 0 Å². The standard InChI is InChI=1S/C17H15FN2O2/c1-2-20-15-8-3-11(10-16(21)22)9-14(15)19-17(20)12-4-6-13(18)7-5-12/h3-9H,2,10H2,1H3,(H,21,22). The zero-order valence-electron chi connectivity index (χ0n) is 12.1. The Bertz CT molecular complexity index is 838. The molecule has 22 heavy (non-hydrogen) atoms. The minimum Gasteiger partial charge on any atom is -0.481 e. The molecule has 0 aliphatic heterocycles. The first-order valence-electron chi connectivity index (χ1n) is 7.05. The number of rotatable bonds is 4. The normalized spacial score (nSPS) is 11.0. The van der Waals surface area contributed by atoms with E-state index in [1.807, 2.05) is 17.6 Å². The maximum absolute atomic E-state index is 13.1. The van der Waals surface area contributed by atoms with E-state index in [4.69, 9.17) is 5.11 Å². The molecule has 2 aromatic carbocycles. The monoisotopic (exact) mass is 298 g/mol. The molecule has 0 spiro atoms. The number of imidazole rings is 1. The second kappa shape index (κ2) is 5.60. The van der Waals surface area contributed by atoms with Crippen LogP contribution in [-0.4, -0.2) is 20.6 Å². The molecule has 5 heteroatoms. The molecule has 0 amide bonds. The molecule has 0 unspecified atom stereocenters. The molecule has 0 saturated carbocycles. The highest BCUT2D eigenvalue weighted by Crippen LogP contribution is 2.26. The van der Waals surface area contributed by atoms with Crippen molar-refractivity contribution in [1.82, 2.24) is 9.55 Å². The lowest BCUT2D eigenvalue weighted by Crippen LogP contribution is -2.00. The van der Waals surface area contributed by atoms with Gasteiger partial charge >= 0.3 is 5.97 Å². The molecule has 1 aromatic heterocycles. The molecule has 1 N–H and O–H groups in total. The van der Waals surface area contributed by atoms with Crippen LogP contribution in [0.15, 0.2) is 42.5 Å². The summed E-state index contributed by atoms with van der Waals surface area (Å²) in [6.45, 7) is 2.74. The molecule has 0 atom stereocenters. The third kappa shape index (κ3) is 2.57. The van der Waals surface area contributed by atoms with E-state index in [0.717, 1.165) is 29.0 Å². The number of aryl methyl sites for hydroxylation is 1. The van der Waals surface area contributed by atoms with Crippen LogP contribution < -0.4 is 0 Å². The fourth-order valence-corrected chi connectivity index (χ4v) is 2.60. The Hall–Kier alpha value is -2.69. The molecule has 1 heterocycles. The van der Waals surface area contributed by atoms with Crippen LogP contribution in [0.3, 0.4) is 0 Å². The lowest BCUT2D eigenvalue weighted by Gasteiger charge is -2.06. The fourth-order valence-electron chi connectivity index (χ4n) is 2.60. The SMILES string of the molecule is CCn1c(-c2ccc(F)cc2)nc2cc(CC(=O)O)ccc21. The van der Waals surface area contributed by atoms with Crippen molar-refractivity contribution in [3.63, 3.8) is 0 Å². The van der Waals surface area contributed by atoms with Gasteiger partial charge in [-0.15, -0.1) is 0 Å². The van der Waals surface area contributed by atoms with Crippen molar-refractivity contribution >= 4 is 17.0 Å². The van der Waals surface area contributed by atoms with Crippen molar-refractivity contribution in [2.24, 2.45) is 0 Å². The number of halogens is 1. The first kappa shape index (κ1) is 14.3. The number of carboxylic acids is 1. The highest BCUT2D eigenvalue weighted by atomic mass is 19.1. The van der Waals surface area contributed by atoms with Crippen molar-refractivity contribution in [3.8, 4) is 11.4 Å². The maximum atomic E-state index is 13.1. The van der Waals surface area contributed by atoms with Gasteiger partial charge in [0.2, 0.25) is 0 Å². The fraction of sp³-hybridized carbons (Fsp3) is 0.176. The minimum atomic E-state index is -0.868. The number of carboxylic acid groups (broad SMARTS) is 1. The van der Waals surface area contributed by atoms with Crippen molar-refractivity contribution in [2.75, 3.05) is 0 Å². The van der Waals surface area contributed by atoms with E-state index in [0.29, 0.717) is 5.56 Å². The predicted molar refractivity (Wildman–Crippen MR) is 82.1 cm³/mol. The van der Waals surface area contributed by atoms with Crippen molar-refractivity contribution in [2.45, 2.75) is 19.9 Å². The van der Waals surface area contributed by atoms with Crippen molar-refractivity contribution in [3.05, 3.63) is 53.8 Å². The second-order valence-electron chi connectivity index (χ2n) is 5.08. The summed E-state index contributed by atoms with van der Waals surface area (Å²) in [4.78, 5) is 15.4. The van der Waals surface area contributed by atoms with Crippen LogP contribution in [0.25, 0.3) is 22.4 Å². The zero-order chi connectivity index (χ0) is 15.7. The summed E-state index contributed by atoms with van der Waals surface area (Å²) < 4.78 is 15.1. The Morgan fingerprint density at radius 1 is 1.23 bits per heavy atom. The van der Waals surface area contributed by atoms with E-state index in [1.54, 1.807) is 24.3 Å². The predicted octanol–water partition coefficient (Wildman–Crippen LogP) is 3.49. The molecular weight excluding hydrogens is 283 g/mol. The maximum Gasteiger partial charge on any atom is 0.307 e. The summed E-state index contributed by atoms with van der Waals surface area (Å²) in [5.74, 6) is -0.398. The second-order valence-corrected chi connectivity index (χ2v) is 5.08. The number of carbonyl (C=O) groups is 1. The third-order valence-electron chi connectivity index (χ3n) is 3.59. The van der Waals surface area contributed by atoms with Crippen LogP contribution in [0.2, 0.25) is 0 Å². The summed E-state index contributed by atoms with van der Waals surface area (Å²) >= 11 is 0. The number of aliphatic carboxylic acids is 1. The first-order chi connectivity index (χ1) is 10.6. The Balaban J connectivity index is 2.14. The van der Waals surface area contributed by atoms with E-state index in [-0.39, 0.29) is 12.2 Å². The quantitative estimate of drug-likeness (QED) is 0.802. The largest absolute Gasteiger partial charge is 0.481 e. The van der Waals surface area contributed by atoms with Crippen LogP contribution in [-0.2, 0) is 17.8 Å². The number of aromatic nitrogens is 2.